The third-order valence-electron chi connectivity index (χ3n) is 12.7. The molecule has 0 saturated heterocycles. The Morgan fingerprint density at radius 2 is 0.667 bits per heavy atom. The number of amides is 3. The Bertz CT molecular complexity index is 1000. The van der Waals surface area contributed by atoms with Crippen LogP contribution in [-0.2, 0) is 0 Å². The number of nitrogens with one attached hydrogen (secondary N) is 3. The van der Waals surface area contributed by atoms with Gasteiger partial charge in [0.1, 0.15) is 0 Å². The van der Waals surface area contributed by atoms with Crippen molar-refractivity contribution in [2.45, 2.75) is 212 Å². The zero-order valence-corrected chi connectivity index (χ0v) is 33.0. The van der Waals surface area contributed by atoms with Crippen LogP contribution in [0.25, 0.3) is 0 Å². The van der Waals surface area contributed by atoms with Crippen LogP contribution < -0.4 is 16.0 Å². The molecule has 0 heterocycles. The first-order valence-corrected chi connectivity index (χ1v) is 22.0. The lowest BCUT2D eigenvalue weighted by Gasteiger charge is -2.30. The van der Waals surface area contributed by atoms with Crippen molar-refractivity contribution >= 4 is 17.7 Å². The Labute approximate surface area is 312 Å². The lowest BCUT2D eigenvalue weighted by atomic mass is 9.82. The van der Waals surface area contributed by atoms with Crippen LogP contribution in [0.3, 0.4) is 0 Å². The normalized spacial score (nSPS) is 25.2. The van der Waals surface area contributed by atoms with Crippen LogP contribution in [0.15, 0.2) is 18.2 Å². The van der Waals surface area contributed by atoms with Crippen molar-refractivity contribution in [2.24, 2.45) is 17.8 Å². The topological polar surface area (TPSA) is 87.3 Å². The van der Waals surface area contributed by atoms with E-state index in [-0.39, 0.29) is 35.8 Å². The molecule has 1 aromatic carbocycles. The maximum atomic E-state index is 13.7. The Morgan fingerprint density at radius 3 is 0.902 bits per heavy atom. The first-order chi connectivity index (χ1) is 24.9. The fraction of sp³-hybridized carbons (Fsp3) is 0.800. The monoisotopic (exact) mass is 706 g/mol. The molecule has 6 heteroatoms. The van der Waals surface area contributed by atoms with E-state index >= 15 is 0 Å². The lowest BCUT2D eigenvalue weighted by Crippen LogP contribution is -2.40. The first kappa shape index (κ1) is 41.4. The SMILES string of the molecule is CCCCCCC1CCC(NC(=O)c2cc(C(=O)NC3CCC(CCCCCC)CC3)cc(C(=O)NC3CCC(CCCCCC)CC3)c2)CC1. The number of benzene rings is 1. The molecule has 3 aliphatic carbocycles. The quantitative estimate of drug-likeness (QED) is 0.111. The Hall–Kier alpha value is -2.37. The van der Waals surface area contributed by atoms with E-state index in [2.05, 4.69) is 36.7 Å². The van der Waals surface area contributed by atoms with Crippen molar-refractivity contribution in [3.63, 3.8) is 0 Å². The van der Waals surface area contributed by atoms with Gasteiger partial charge in [0, 0.05) is 34.8 Å². The minimum atomic E-state index is -0.169. The fourth-order valence-electron chi connectivity index (χ4n) is 9.19. The van der Waals surface area contributed by atoms with Gasteiger partial charge in [-0.25, -0.2) is 0 Å². The highest BCUT2D eigenvalue weighted by molar-refractivity contribution is 6.04. The van der Waals surface area contributed by atoms with E-state index in [1.165, 1.54) is 96.3 Å². The van der Waals surface area contributed by atoms with Crippen molar-refractivity contribution in [3.05, 3.63) is 34.9 Å². The van der Waals surface area contributed by atoms with E-state index in [9.17, 15) is 14.4 Å². The third kappa shape index (κ3) is 14.9. The molecule has 3 aliphatic rings. The van der Waals surface area contributed by atoms with E-state index in [1.54, 1.807) is 18.2 Å². The fourth-order valence-corrected chi connectivity index (χ4v) is 9.19. The van der Waals surface area contributed by atoms with Crippen molar-refractivity contribution in [1.82, 2.24) is 16.0 Å². The molecule has 288 valence electrons. The highest BCUT2D eigenvalue weighted by Gasteiger charge is 2.27. The summed E-state index contributed by atoms with van der Waals surface area (Å²) >= 11 is 0. The maximum Gasteiger partial charge on any atom is 0.251 e. The summed E-state index contributed by atoms with van der Waals surface area (Å²) in [7, 11) is 0. The van der Waals surface area contributed by atoms with Gasteiger partial charge < -0.3 is 16.0 Å². The van der Waals surface area contributed by atoms with E-state index in [0.29, 0.717) is 16.7 Å². The lowest BCUT2D eigenvalue weighted by molar-refractivity contribution is 0.0920. The van der Waals surface area contributed by atoms with Crippen LogP contribution in [0.2, 0.25) is 0 Å². The van der Waals surface area contributed by atoms with Gasteiger partial charge in [-0.15, -0.1) is 0 Å². The first-order valence-electron chi connectivity index (χ1n) is 22.0. The van der Waals surface area contributed by atoms with Gasteiger partial charge in [-0.2, -0.15) is 0 Å². The highest BCUT2D eigenvalue weighted by Crippen LogP contribution is 2.31. The predicted octanol–water partition coefficient (Wildman–Crippen LogP) is 11.5. The summed E-state index contributed by atoms with van der Waals surface area (Å²) in [6.45, 7) is 6.78. The molecule has 3 fully saturated rings. The largest absolute Gasteiger partial charge is 0.349 e. The van der Waals surface area contributed by atoms with Gasteiger partial charge in [-0.1, -0.05) is 117 Å². The number of rotatable bonds is 21. The number of carbonyl (C=O) groups is 3. The number of hydrogen-bond acceptors (Lipinski definition) is 3. The smallest absolute Gasteiger partial charge is 0.251 e. The molecule has 3 amide bonds. The van der Waals surface area contributed by atoms with Gasteiger partial charge in [0.15, 0.2) is 0 Å². The van der Waals surface area contributed by atoms with Crippen molar-refractivity contribution < 1.29 is 14.4 Å². The second-order valence-electron chi connectivity index (χ2n) is 16.9. The average molecular weight is 706 g/mol. The molecule has 3 saturated carbocycles. The second-order valence-corrected chi connectivity index (χ2v) is 16.9. The van der Waals surface area contributed by atoms with Gasteiger partial charge in [0.25, 0.3) is 17.7 Å². The second kappa shape index (κ2) is 23.3. The van der Waals surface area contributed by atoms with Crippen LogP contribution in [0.4, 0.5) is 0 Å². The summed E-state index contributed by atoms with van der Waals surface area (Å²) in [4.78, 5) is 41.2. The van der Waals surface area contributed by atoms with Gasteiger partial charge in [0.05, 0.1) is 0 Å². The molecule has 0 aliphatic heterocycles. The number of unbranched alkanes of at least 4 members (excludes halogenated alkanes) is 9. The minimum absolute atomic E-state index is 0.147. The van der Waals surface area contributed by atoms with Crippen LogP contribution in [-0.4, -0.2) is 35.8 Å². The van der Waals surface area contributed by atoms with Gasteiger partial charge in [-0.05, 0) is 113 Å². The number of carbonyl (C=O) groups excluding carboxylic acids is 3. The van der Waals surface area contributed by atoms with Crippen LogP contribution in [0.5, 0.6) is 0 Å². The zero-order valence-electron chi connectivity index (χ0n) is 33.0. The molecule has 4 rings (SSSR count). The molecule has 6 nitrogen and oxygen atoms in total. The molecule has 1 aromatic rings. The standard InChI is InChI=1S/C45H75N3O3/c1-4-7-10-13-16-34-19-25-40(26-20-34)46-43(49)37-31-38(44(50)47-41-27-21-35(22-28-41)17-14-11-8-5-2)33-39(32-37)45(51)48-42-29-23-36(24-30-42)18-15-12-9-6-3/h31-36,40-42H,4-30H2,1-3H3,(H,46,49)(H,47,50)(H,48,51). The third-order valence-corrected chi connectivity index (χ3v) is 12.7. The molecular formula is C45H75N3O3. The summed E-state index contributed by atoms with van der Waals surface area (Å²) < 4.78 is 0. The summed E-state index contributed by atoms with van der Waals surface area (Å²) in [6, 6.07) is 5.58. The van der Waals surface area contributed by atoms with Crippen LogP contribution in [0, 0.1) is 17.8 Å². The number of hydrogen-bond donors (Lipinski definition) is 3. The van der Waals surface area contributed by atoms with Gasteiger partial charge >= 0.3 is 0 Å². The Morgan fingerprint density at radius 1 is 0.412 bits per heavy atom. The van der Waals surface area contributed by atoms with E-state index < -0.39 is 0 Å². The summed E-state index contributed by atoms with van der Waals surface area (Å²) in [5.41, 5.74) is 1.25. The minimum Gasteiger partial charge on any atom is -0.349 e. The van der Waals surface area contributed by atoms with Crippen LogP contribution >= 0.6 is 0 Å². The molecule has 3 N–H and O–H groups in total. The van der Waals surface area contributed by atoms with E-state index in [1.807, 2.05) is 0 Å². The maximum absolute atomic E-state index is 13.7. The van der Waals surface area contributed by atoms with Crippen molar-refractivity contribution in [1.29, 1.82) is 0 Å². The summed E-state index contributed by atoms with van der Waals surface area (Å²) in [5.74, 6) is 1.80. The Kier molecular flexibility index (Phi) is 18.9. The van der Waals surface area contributed by atoms with Gasteiger partial charge in [-0.3, -0.25) is 14.4 Å². The summed E-state index contributed by atoms with van der Waals surface area (Å²) in [5, 5.41) is 9.85. The average Bonchev–Trinajstić information content (AvgIpc) is 3.15. The summed E-state index contributed by atoms with van der Waals surface area (Å²) in [6.07, 6.45) is 32.6. The molecule has 51 heavy (non-hydrogen) atoms. The molecular weight excluding hydrogens is 631 g/mol. The van der Waals surface area contributed by atoms with E-state index in [0.717, 1.165) is 94.8 Å². The van der Waals surface area contributed by atoms with Crippen molar-refractivity contribution in [2.75, 3.05) is 0 Å². The van der Waals surface area contributed by atoms with Gasteiger partial charge in [0.2, 0.25) is 0 Å². The molecule has 0 bridgehead atoms. The van der Waals surface area contributed by atoms with Crippen molar-refractivity contribution in [3.8, 4) is 0 Å². The zero-order chi connectivity index (χ0) is 36.3. The molecule has 0 spiro atoms. The predicted molar refractivity (Wildman–Crippen MR) is 212 cm³/mol. The van der Waals surface area contributed by atoms with Crippen LogP contribution in [0.1, 0.15) is 225 Å². The van der Waals surface area contributed by atoms with E-state index in [4.69, 9.17) is 0 Å². The molecule has 0 radical (unpaired) electrons. The Balaban J connectivity index is 1.35. The molecule has 0 aromatic heterocycles. The highest BCUT2D eigenvalue weighted by atomic mass is 16.2. The molecule has 0 unspecified atom stereocenters. The molecule has 0 atom stereocenters.